The molecule has 0 aromatic heterocycles. The van der Waals surface area contributed by atoms with Crippen molar-refractivity contribution < 1.29 is 0 Å². The van der Waals surface area contributed by atoms with Crippen LogP contribution >= 0.6 is 0 Å². The Labute approximate surface area is 68.7 Å². The van der Waals surface area contributed by atoms with Gasteiger partial charge in [0.25, 0.3) is 0 Å². The van der Waals surface area contributed by atoms with Gasteiger partial charge in [-0.25, -0.2) is 0 Å². The van der Waals surface area contributed by atoms with Crippen molar-refractivity contribution in [3.8, 4) is 0 Å². The monoisotopic (exact) mass is 154 g/mol. The van der Waals surface area contributed by atoms with Gasteiger partial charge >= 0.3 is 0 Å². The van der Waals surface area contributed by atoms with E-state index in [1.807, 2.05) is 0 Å². The average Bonchev–Trinajstić information content (AvgIpc) is 2.42. The summed E-state index contributed by atoms with van der Waals surface area (Å²) in [7, 11) is 0. The first kappa shape index (κ1) is 7.56. The third-order valence-corrected chi connectivity index (χ3v) is 3.41. The van der Waals surface area contributed by atoms with E-state index in [2.05, 4.69) is 31.4 Å². The molecule has 2 N–H and O–H groups in total. The maximum atomic E-state index is 3.65. The second-order valence-corrected chi connectivity index (χ2v) is 4.99. The molecule has 2 bridgehead atoms. The van der Waals surface area contributed by atoms with E-state index < -0.39 is 0 Å². The molecule has 2 saturated heterocycles. The molecule has 2 fully saturated rings. The van der Waals surface area contributed by atoms with Crippen molar-refractivity contribution in [2.45, 2.75) is 38.8 Å². The highest BCUT2D eigenvalue weighted by molar-refractivity contribution is 5.12. The van der Waals surface area contributed by atoms with Gasteiger partial charge in [0, 0.05) is 24.7 Å². The molecular formula is C9H18N2. The van der Waals surface area contributed by atoms with Crippen LogP contribution in [0.4, 0.5) is 0 Å². The second kappa shape index (κ2) is 1.99. The fourth-order valence-electron chi connectivity index (χ4n) is 2.32. The first-order chi connectivity index (χ1) is 5.04. The maximum absolute atomic E-state index is 3.65. The molecule has 64 valence electrons. The Morgan fingerprint density at radius 1 is 1.36 bits per heavy atom. The fourth-order valence-corrected chi connectivity index (χ4v) is 2.32. The lowest BCUT2D eigenvalue weighted by Gasteiger charge is -2.40. The summed E-state index contributed by atoms with van der Waals surface area (Å²) in [4.78, 5) is 0. The minimum absolute atomic E-state index is 0.387. The van der Waals surface area contributed by atoms with E-state index in [4.69, 9.17) is 0 Å². The fraction of sp³-hybridized carbons (Fsp3) is 1.00. The lowest BCUT2D eigenvalue weighted by molar-refractivity contribution is 0.174. The van der Waals surface area contributed by atoms with E-state index in [-0.39, 0.29) is 0 Å². The van der Waals surface area contributed by atoms with Gasteiger partial charge in [0.2, 0.25) is 0 Å². The van der Waals surface area contributed by atoms with Gasteiger partial charge in [-0.15, -0.1) is 0 Å². The van der Waals surface area contributed by atoms with Gasteiger partial charge in [-0.05, 0) is 11.8 Å². The van der Waals surface area contributed by atoms with Gasteiger partial charge in [0.1, 0.15) is 0 Å². The molecule has 0 aromatic rings. The molecule has 2 aliphatic heterocycles. The molecule has 2 heteroatoms. The molecule has 2 aliphatic rings. The molecule has 0 unspecified atom stereocenters. The summed E-state index contributed by atoms with van der Waals surface area (Å²) < 4.78 is 0. The summed E-state index contributed by atoms with van der Waals surface area (Å²) in [5.41, 5.74) is 0.781. The standard InChI is InChI=1S/C9H18N2/c1-8(2,3)9-4-7(5-11-9)10-6-9/h7,10-11H,4-6H2,1-3H3/t7-,9+/m0/s1. The van der Waals surface area contributed by atoms with Crippen LogP contribution in [0.5, 0.6) is 0 Å². The molecule has 0 aliphatic carbocycles. The summed E-state index contributed by atoms with van der Waals surface area (Å²) in [5.74, 6) is 0. The topological polar surface area (TPSA) is 24.1 Å². The quantitative estimate of drug-likeness (QED) is 0.537. The molecule has 0 aromatic carbocycles. The van der Waals surface area contributed by atoms with Crippen LogP contribution in [0.1, 0.15) is 27.2 Å². The lowest BCUT2D eigenvalue weighted by atomic mass is 9.74. The van der Waals surface area contributed by atoms with Crippen LogP contribution in [-0.4, -0.2) is 24.7 Å². The maximum Gasteiger partial charge on any atom is 0.0371 e. The molecule has 2 nitrogen and oxygen atoms in total. The highest BCUT2D eigenvalue weighted by Crippen LogP contribution is 2.40. The molecule has 0 saturated carbocycles. The number of piperazine rings is 1. The smallest absolute Gasteiger partial charge is 0.0371 e. The SMILES string of the molecule is CC(C)(C)[C@@]12CN[C@H](CN1)C2. The van der Waals surface area contributed by atoms with Crippen LogP contribution in [-0.2, 0) is 0 Å². The van der Waals surface area contributed by atoms with Crippen LogP contribution in [0.25, 0.3) is 0 Å². The summed E-state index contributed by atoms with van der Waals surface area (Å²) in [6.07, 6.45) is 1.32. The van der Waals surface area contributed by atoms with Gasteiger partial charge in [0.15, 0.2) is 0 Å². The van der Waals surface area contributed by atoms with E-state index in [1.165, 1.54) is 6.42 Å². The van der Waals surface area contributed by atoms with Gasteiger partial charge < -0.3 is 10.6 Å². The molecule has 0 radical (unpaired) electrons. The van der Waals surface area contributed by atoms with Gasteiger partial charge in [-0.2, -0.15) is 0 Å². The summed E-state index contributed by atoms with van der Waals surface area (Å²) >= 11 is 0. The van der Waals surface area contributed by atoms with E-state index >= 15 is 0 Å². The molecule has 11 heavy (non-hydrogen) atoms. The van der Waals surface area contributed by atoms with Crippen molar-refractivity contribution in [2.24, 2.45) is 5.41 Å². The van der Waals surface area contributed by atoms with Gasteiger partial charge in [-0.3, -0.25) is 0 Å². The van der Waals surface area contributed by atoms with Crippen molar-refractivity contribution in [1.29, 1.82) is 0 Å². The van der Waals surface area contributed by atoms with Gasteiger partial charge in [0.05, 0.1) is 0 Å². The molecule has 2 rings (SSSR count). The van der Waals surface area contributed by atoms with Crippen LogP contribution in [0.3, 0.4) is 0 Å². The predicted octanol–water partition coefficient (Wildman–Crippen LogP) is 0.736. The molecule has 0 spiro atoms. The highest BCUT2D eigenvalue weighted by Gasteiger charge is 2.51. The van der Waals surface area contributed by atoms with Crippen molar-refractivity contribution in [3.63, 3.8) is 0 Å². The largest absolute Gasteiger partial charge is 0.311 e. The average molecular weight is 154 g/mol. The Kier molecular flexibility index (Phi) is 1.37. The highest BCUT2D eigenvalue weighted by atomic mass is 15.2. The third-order valence-electron chi connectivity index (χ3n) is 3.41. The van der Waals surface area contributed by atoms with Crippen molar-refractivity contribution >= 4 is 0 Å². The molecule has 2 atom stereocenters. The number of nitrogens with one attached hydrogen (secondary N) is 2. The van der Waals surface area contributed by atoms with E-state index in [0.29, 0.717) is 11.0 Å². The van der Waals surface area contributed by atoms with Crippen molar-refractivity contribution in [2.75, 3.05) is 13.1 Å². The number of hydrogen-bond acceptors (Lipinski definition) is 2. The Balaban J connectivity index is 2.23. The zero-order chi connectivity index (χ0) is 8.11. The Hall–Kier alpha value is -0.0800. The molecule has 2 heterocycles. The van der Waals surface area contributed by atoms with E-state index in [9.17, 15) is 0 Å². The van der Waals surface area contributed by atoms with E-state index in [1.54, 1.807) is 0 Å². The normalized spacial score (nSPS) is 43.4. The van der Waals surface area contributed by atoms with Crippen LogP contribution < -0.4 is 10.6 Å². The summed E-state index contributed by atoms with van der Waals surface area (Å²) in [6.45, 7) is 9.30. The number of hydrogen-bond donors (Lipinski definition) is 2. The van der Waals surface area contributed by atoms with E-state index in [0.717, 1.165) is 19.1 Å². The number of fused-ring (bicyclic) bond motifs is 2. The Bertz CT molecular complexity index is 161. The van der Waals surface area contributed by atoms with Crippen LogP contribution in [0.2, 0.25) is 0 Å². The lowest BCUT2D eigenvalue weighted by Crippen LogP contribution is -2.57. The Morgan fingerprint density at radius 3 is 2.27 bits per heavy atom. The van der Waals surface area contributed by atoms with Crippen LogP contribution in [0.15, 0.2) is 0 Å². The first-order valence-electron chi connectivity index (χ1n) is 4.52. The predicted molar refractivity (Wildman–Crippen MR) is 46.6 cm³/mol. The summed E-state index contributed by atoms with van der Waals surface area (Å²) in [5, 5.41) is 7.19. The van der Waals surface area contributed by atoms with Gasteiger partial charge in [-0.1, -0.05) is 20.8 Å². The number of rotatable bonds is 0. The molecular weight excluding hydrogens is 136 g/mol. The zero-order valence-electron chi connectivity index (χ0n) is 7.70. The van der Waals surface area contributed by atoms with Crippen molar-refractivity contribution in [1.82, 2.24) is 10.6 Å². The molecule has 0 amide bonds. The third kappa shape index (κ3) is 0.926. The zero-order valence-corrected chi connectivity index (χ0v) is 7.70. The Morgan fingerprint density at radius 2 is 2.09 bits per heavy atom. The minimum Gasteiger partial charge on any atom is -0.311 e. The first-order valence-corrected chi connectivity index (χ1v) is 4.52. The van der Waals surface area contributed by atoms with Crippen LogP contribution in [0, 0.1) is 5.41 Å². The second-order valence-electron chi connectivity index (χ2n) is 4.99. The minimum atomic E-state index is 0.387. The van der Waals surface area contributed by atoms with Crippen molar-refractivity contribution in [3.05, 3.63) is 0 Å². The summed E-state index contributed by atoms with van der Waals surface area (Å²) in [6, 6.07) is 0.745.